The summed E-state index contributed by atoms with van der Waals surface area (Å²) in [7, 11) is 0. The first kappa shape index (κ1) is 14.6. The third-order valence-corrected chi connectivity index (χ3v) is 4.26. The van der Waals surface area contributed by atoms with Crippen LogP contribution in [0.1, 0.15) is 24.0 Å². The van der Waals surface area contributed by atoms with Gasteiger partial charge in [-0.05, 0) is 31.5 Å². The van der Waals surface area contributed by atoms with Crippen LogP contribution in [0.25, 0.3) is 11.2 Å². The van der Waals surface area contributed by atoms with E-state index in [1.165, 1.54) is 5.56 Å². The van der Waals surface area contributed by atoms with Gasteiger partial charge in [0.05, 0.1) is 18.1 Å². The van der Waals surface area contributed by atoms with Crippen LogP contribution in [-0.2, 0) is 19.0 Å². The van der Waals surface area contributed by atoms with Gasteiger partial charge in [0.25, 0.3) is 0 Å². The topological polar surface area (TPSA) is 35.6 Å². The van der Waals surface area contributed by atoms with E-state index in [9.17, 15) is 0 Å². The van der Waals surface area contributed by atoms with Crippen LogP contribution < -0.4 is 0 Å². The van der Waals surface area contributed by atoms with E-state index in [4.69, 9.17) is 11.6 Å². The predicted molar refractivity (Wildman–Crippen MR) is 88.7 cm³/mol. The van der Waals surface area contributed by atoms with Crippen molar-refractivity contribution in [3.8, 4) is 0 Å². The van der Waals surface area contributed by atoms with Gasteiger partial charge in [-0.25, -0.2) is 9.67 Å². The zero-order valence-corrected chi connectivity index (χ0v) is 14.3. The molecule has 0 aliphatic carbocycles. The van der Waals surface area contributed by atoms with Crippen LogP contribution in [0.5, 0.6) is 0 Å². The fourth-order valence-corrected chi connectivity index (χ4v) is 3.23. The molecule has 0 bridgehead atoms. The second-order valence-electron chi connectivity index (χ2n) is 4.95. The van der Waals surface area contributed by atoms with E-state index in [-0.39, 0.29) is 0 Å². The smallest absolute Gasteiger partial charge is 0.159 e. The van der Waals surface area contributed by atoms with Crippen molar-refractivity contribution < 1.29 is 0 Å². The molecule has 21 heavy (non-hydrogen) atoms. The number of rotatable bonds is 4. The zero-order valence-electron chi connectivity index (χ0n) is 12.0. The Morgan fingerprint density at radius 2 is 2.14 bits per heavy atom. The van der Waals surface area contributed by atoms with Gasteiger partial charge >= 0.3 is 0 Å². The lowest BCUT2D eigenvalue weighted by Gasteiger charge is -2.09. The largest absolute Gasteiger partial charge is 0.307 e. The van der Waals surface area contributed by atoms with Gasteiger partial charge in [-0.1, -0.05) is 28.1 Å². The lowest BCUT2D eigenvalue weighted by atomic mass is 10.2. The van der Waals surface area contributed by atoms with Crippen molar-refractivity contribution in [2.75, 3.05) is 0 Å². The summed E-state index contributed by atoms with van der Waals surface area (Å²) in [6.07, 6.45) is 0. The lowest BCUT2D eigenvalue weighted by molar-refractivity contribution is 0.639. The number of benzene rings is 1. The Morgan fingerprint density at radius 1 is 1.33 bits per heavy atom. The molecule has 0 aliphatic heterocycles. The molecule has 2 heterocycles. The minimum absolute atomic E-state index is 0.395. The number of alkyl halides is 1. The molecule has 0 atom stereocenters. The second kappa shape index (κ2) is 5.81. The van der Waals surface area contributed by atoms with Gasteiger partial charge in [0.15, 0.2) is 5.65 Å². The molecule has 110 valence electrons. The molecular weight excluding hydrogens is 352 g/mol. The van der Waals surface area contributed by atoms with Gasteiger partial charge in [0.2, 0.25) is 0 Å². The van der Waals surface area contributed by atoms with Crippen molar-refractivity contribution in [1.82, 2.24) is 19.3 Å². The first-order valence-corrected chi connectivity index (χ1v) is 8.19. The Bertz CT molecular complexity index is 790. The summed E-state index contributed by atoms with van der Waals surface area (Å²) in [5.41, 5.74) is 4.15. The van der Waals surface area contributed by atoms with Crippen LogP contribution in [0.15, 0.2) is 28.7 Å². The molecule has 1 aromatic carbocycles. The minimum Gasteiger partial charge on any atom is -0.307 e. The molecule has 0 aliphatic rings. The summed E-state index contributed by atoms with van der Waals surface area (Å²) in [5.74, 6) is 1.28. The quantitative estimate of drug-likeness (QED) is 0.651. The number of aromatic nitrogens is 4. The Balaban J connectivity index is 2.15. The van der Waals surface area contributed by atoms with Crippen molar-refractivity contribution in [2.45, 2.75) is 32.8 Å². The third-order valence-electron chi connectivity index (χ3n) is 3.53. The van der Waals surface area contributed by atoms with E-state index in [1.807, 2.05) is 23.7 Å². The normalized spacial score (nSPS) is 11.4. The number of hydrogen-bond donors (Lipinski definition) is 0. The molecule has 2 aromatic heterocycles. The van der Waals surface area contributed by atoms with E-state index in [0.29, 0.717) is 5.88 Å². The Hall–Kier alpha value is -1.33. The van der Waals surface area contributed by atoms with Gasteiger partial charge in [-0.2, -0.15) is 5.10 Å². The van der Waals surface area contributed by atoms with Crippen LogP contribution in [0, 0.1) is 6.92 Å². The summed E-state index contributed by atoms with van der Waals surface area (Å²) >= 11 is 9.60. The molecule has 0 radical (unpaired) electrons. The van der Waals surface area contributed by atoms with E-state index in [0.717, 1.165) is 40.2 Å². The van der Waals surface area contributed by atoms with E-state index >= 15 is 0 Å². The molecule has 0 saturated heterocycles. The molecule has 3 rings (SSSR count). The van der Waals surface area contributed by atoms with Gasteiger partial charge in [0.1, 0.15) is 11.3 Å². The van der Waals surface area contributed by atoms with Crippen LogP contribution >= 0.6 is 27.5 Å². The highest BCUT2D eigenvalue weighted by molar-refractivity contribution is 9.10. The zero-order chi connectivity index (χ0) is 15.0. The third kappa shape index (κ3) is 2.60. The number of hydrogen-bond acceptors (Lipinski definition) is 2. The van der Waals surface area contributed by atoms with Crippen LogP contribution in [0.4, 0.5) is 0 Å². The number of imidazole rings is 1. The molecule has 0 unspecified atom stereocenters. The molecule has 6 heteroatoms. The maximum Gasteiger partial charge on any atom is 0.159 e. The van der Waals surface area contributed by atoms with Crippen LogP contribution in [0.3, 0.4) is 0 Å². The second-order valence-corrected chi connectivity index (χ2v) is 6.13. The highest BCUT2D eigenvalue weighted by Crippen LogP contribution is 2.23. The molecule has 0 spiro atoms. The molecular formula is C15H16BrClN4. The summed E-state index contributed by atoms with van der Waals surface area (Å²) in [5, 5.41) is 4.54. The first-order valence-electron chi connectivity index (χ1n) is 6.87. The minimum atomic E-state index is 0.395. The Morgan fingerprint density at radius 3 is 2.81 bits per heavy atom. The van der Waals surface area contributed by atoms with Crippen LogP contribution in [-0.4, -0.2) is 19.3 Å². The number of fused-ring (bicyclic) bond motifs is 1. The van der Waals surface area contributed by atoms with Crippen molar-refractivity contribution >= 4 is 38.7 Å². The SMILES string of the molecule is CCn1nc(C)c2nc(CCl)n(Cc3cccc(Br)c3)c21. The Labute approximate surface area is 136 Å². The van der Waals surface area contributed by atoms with Gasteiger partial charge < -0.3 is 4.57 Å². The molecule has 0 saturated carbocycles. The van der Waals surface area contributed by atoms with E-state index in [2.05, 4.69) is 49.6 Å². The van der Waals surface area contributed by atoms with Crippen molar-refractivity contribution in [3.05, 3.63) is 45.8 Å². The van der Waals surface area contributed by atoms with Gasteiger partial charge in [0, 0.05) is 11.0 Å². The van der Waals surface area contributed by atoms with E-state index < -0.39 is 0 Å². The number of aryl methyl sites for hydroxylation is 2. The number of nitrogens with zero attached hydrogens (tertiary/aromatic N) is 4. The lowest BCUT2D eigenvalue weighted by Crippen LogP contribution is -2.09. The van der Waals surface area contributed by atoms with Gasteiger partial charge in [-0.15, -0.1) is 11.6 Å². The maximum absolute atomic E-state index is 6.08. The number of halogens is 2. The first-order chi connectivity index (χ1) is 10.1. The van der Waals surface area contributed by atoms with Gasteiger partial charge in [-0.3, -0.25) is 0 Å². The van der Waals surface area contributed by atoms with E-state index in [1.54, 1.807) is 0 Å². The Kier molecular flexibility index (Phi) is 4.04. The van der Waals surface area contributed by atoms with Crippen molar-refractivity contribution in [1.29, 1.82) is 0 Å². The summed E-state index contributed by atoms with van der Waals surface area (Å²) < 4.78 is 5.23. The van der Waals surface area contributed by atoms with Crippen LogP contribution in [0.2, 0.25) is 0 Å². The average molecular weight is 368 g/mol. The summed E-state index contributed by atoms with van der Waals surface area (Å²) in [4.78, 5) is 4.65. The average Bonchev–Trinajstić information content (AvgIpc) is 2.97. The highest BCUT2D eigenvalue weighted by Gasteiger charge is 2.17. The fourth-order valence-electron chi connectivity index (χ4n) is 2.58. The maximum atomic E-state index is 6.08. The summed E-state index contributed by atoms with van der Waals surface area (Å²) in [6, 6.07) is 8.28. The monoisotopic (exact) mass is 366 g/mol. The fraction of sp³-hybridized carbons (Fsp3) is 0.333. The standard InChI is InChI=1S/C15H16BrClN4/c1-3-21-15-14(10(2)19-21)18-13(8-17)20(15)9-11-5-4-6-12(16)7-11/h4-7H,3,8-9H2,1-2H3. The van der Waals surface area contributed by atoms with Crippen molar-refractivity contribution in [2.24, 2.45) is 0 Å². The van der Waals surface area contributed by atoms with Crippen molar-refractivity contribution in [3.63, 3.8) is 0 Å². The predicted octanol–water partition coefficient (Wildman–Crippen LogP) is 4.11. The molecule has 0 fully saturated rings. The summed E-state index contributed by atoms with van der Waals surface area (Å²) in [6.45, 7) is 5.63. The molecule has 3 aromatic rings. The molecule has 4 nitrogen and oxygen atoms in total. The highest BCUT2D eigenvalue weighted by atomic mass is 79.9. The molecule has 0 amide bonds. The molecule has 0 N–H and O–H groups in total.